The van der Waals surface area contributed by atoms with Gasteiger partial charge in [-0.25, -0.2) is 19.3 Å². The highest BCUT2D eigenvalue weighted by molar-refractivity contribution is 8.00. The molecule has 1 aliphatic carbocycles. The van der Waals surface area contributed by atoms with Crippen LogP contribution in [-0.4, -0.2) is 26.0 Å². The third kappa shape index (κ3) is 6.03. The highest BCUT2D eigenvalue weighted by Crippen LogP contribution is 2.33. The molecule has 2 N–H and O–H groups in total. The molecule has 2 aromatic carbocycles. The van der Waals surface area contributed by atoms with Gasteiger partial charge in [0.05, 0.1) is 10.6 Å². The van der Waals surface area contributed by atoms with Crippen LogP contribution in [0.2, 0.25) is 5.02 Å². The minimum absolute atomic E-state index is 0.0397. The monoisotopic (exact) mass is 522 g/mol. The van der Waals surface area contributed by atoms with Crippen molar-refractivity contribution in [2.75, 3.05) is 10.0 Å². The lowest BCUT2D eigenvalue weighted by atomic mass is 9.96. The van der Waals surface area contributed by atoms with E-state index in [1.54, 1.807) is 36.5 Å². The highest BCUT2D eigenvalue weighted by atomic mass is 35.5. The Morgan fingerprint density at radius 1 is 0.972 bits per heavy atom. The van der Waals surface area contributed by atoms with E-state index in [2.05, 4.69) is 30.0 Å². The maximum absolute atomic E-state index is 14.9. The van der Waals surface area contributed by atoms with E-state index in [1.165, 1.54) is 43.6 Å². The van der Waals surface area contributed by atoms with E-state index in [4.69, 9.17) is 16.3 Å². The largest absolute Gasteiger partial charge is 0.435 e. The summed E-state index contributed by atoms with van der Waals surface area (Å²) in [7, 11) is 0. The summed E-state index contributed by atoms with van der Waals surface area (Å²) in [5, 5.41) is 4.02. The topological polar surface area (TPSA) is 84.8 Å². The molecule has 0 aliphatic heterocycles. The van der Waals surface area contributed by atoms with Crippen LogP contribution >= 0.6 is 23.5 Å². The molecule has 7 nitrogen and oxygen atoms in total. The zero-order chi connectivity index (χ0) is 24.7. The Kier molecular flexibility index (Phi) is 7.78. The first-order valence-electron chi connectivity index (χ1n) is 11.7. The summed E-state index contributed by atoms with van der Waals surface area (Å²) in [5.41, 5.74) is 1.12. The van der Waals surface area contributed by atoms with Crippen LogP contribution in [0.25, 0.3) is 11.4 Å². The van der Waals surface area contributed by atoms with Crippen molar-refractivity contribution in [1.82, 2.24) is 19.9 Å². The van der Waals surface area contributed by atoms with Gasteiger partial charge >= 0.3 is 0 Å². The second kappa shape index (κ2) is 11.5. The summed E-state index contributed by atoms with van der Waals surface area (Å²) in [6.45, 7) is 0. The number of rotatable bonds is 8. The molecule has 4 aromatic rings. The first-order valence-corrected chi connectivity index (χ1v) is 12.9. The number of halogens is 2. The van der Waals surface area contributed by atoms with Crippen molar-refractivity contribution in [3.05, 3.63) is 78.0 Å². The van der Waals surface area contributed by atoms with E-state index < -0.39 is 5.82 Å². The molecule has 0 amide bonds. The van der Waals surface area contributed by atoms with E-state index in [0.717, 1.165) is 17.7 Å². The third-order valence-corrected chi connectivity index (χ3v) is 7.13. The van der Waals surface area contributed by atoms with Gasteiger partial charge in [-0.05, 0) is 61.2 Å². The van der Waals surface area contributed by atoms with Crippen LogP contribution < -0.4 is 14.8 Å². The quantitative estimate of drug-likeness (QED) is 0.232. The Labute approximate surface area is 218 Å². The molecular weight excluding hydrogens is 499 g/mol. The van der Waals surface area contributed by atoms with Gasteiger partial charge in [0, 0.05) is 28.9 Å². The molecule has 1 aliphatic rings. The Balaban J connectivity index is 1.31. The first-order chi connectivity index (χ1) is 17.7. The number of pyridine rings is 1. The molecule has 36 heavy (non-hydrogen) atoms. The molecule has 1 saturated carbocycles. The number of anilines is 2. The maximum Gasteiger partial charge on any atom is 0.230 e. The Bertz CT molecular complexity index is 1340. The highest BCUT2D eigenvalue weighted by Gasteiger charge is 2.17. The van der Waals surface area contributed by atoms with Crippen LogP contribution in [0, 0.1) is 5.82 Å². The van der Waals surface area contributed by atoms with Crippen LogP contribution in [0.15, 0.2) is 72.0 Å². The zero-order valence-corrected chi connectivity index (χ0v) is 20.9. The minimum Gasteiger partial charge on any atom is -0.435 e. The normalized spacial score (nSPS) is 13.8. The van der Waals surface area contributed by atoms with Gasteiger partial charge in [-0.1, -0.05) is 43.0 Å². The van der Waals surface area contributed by atoms with Crippen molar-refractivity contribution in [2.45, 2.75) is 43.0 Å². The fourth-order valence-corrected chi connectivity index (χ4v) is 4.88. The first kappa shape index (κ1) is 24.3. The fourth-order valence-electron chi connectivity index (χ4n) is 3.96. The van der Waals surface area contributed by atoms with Crippen LogP contribution in [0.3, 0.4) is 0 Å². The number of ether oxygens (including phenoxy) is 1. The van der Waals surface area contributed by atoms with Gasteiger partial charge < -0.3 is 14.8 Å². The number of aromatic nitrogens is 4. The predicted octanol–water partition coefficient (Wildman–Crippen LogP) is 7.38. The second-order valence-electron chi connectivity index (χ2n) is 8.35. The van der Waals surface area contributed by atoms with Crippen molar-refractivity contribution < 1.29 is 9.13 Å². The Morgan fingerprint density at radius 2 is 1.83 bits per heavy atom. The molecule has 5 rings (SSSR count). The van der Waals surface area contributed by atoms with E-state index in [1.807, 2.05) is 18.2 Å². The average molecular weight is 523 g/mol. The molecule has 0 unspecified atom stereocenters. The summed E-state index contributed by atoms with van der Waals surface area (Å²) in [4.78, 5) is 18.3. The van der Waals surface area contributed by atoms with Gasteiger partial charge in [0.25, 0.3) is 0 Å². The third-order valence-electron chi connectivity index (χ3n) is 5.78. The lowest BCUT2D eigenvalue weighted by Gasteiger charge is -2.22. The number of nitrogens with one attached hydrogen (secondary N) is 2. The van der Waals surface area contributed by atoms with Gasteiger partial charge in [-0.15, -0.1) is 0 Å². The SMILES string of the molecule is Fc1cc(NSc2ccccc2Cl)ccc1Oc1ncccc1-c1ncnc(NC2CCCCC2)n1. The van der Waals surface area contributed by atoms with E-state index in [0.29, 0.717) is 34.1 Å². The summed E-state index contributed by atoms with van der Waals surface area (Å²) in [6, 6.07) is 16.0. The molecule has 2 heterocycles. The molecule has 184 valence electrons. The smallest absolute Gasteiger partial charge is 0.230 e. The molecule has 10 heteroatoms. The van der Waals surface area contributed by atoms with Crippen molar-refractivity contribution in [1.29, 1.82) is 0 Å². The summed E-state index contributed by atoms with van der Waals surface area (Å²) in [5.74, 6) is 0.627. The van der Waals surface area contributed by atoms with Crippen molar-refractivity contribution in [3.8, 4) is 23.0 Å². The molecular formula is C26H24ClFN6OS. The molecule has 0 bridgehead atoms. The fraction of sp³-hybridized carbons (Fsp3) is 0.231. The van der Waals surface area contributed by atoms with E-state index in [9.17, 15) is 4.39 Å². The molecule has 0 spiro atoms. The van der Waals surface area contributed by atoms with Crippen LogP contribution in [0.5, 0.6) is 11.6 Å². The summed E-state index contributed by atoms with van der Waals surface area (Å²) in [6.07, 6.45) is 8.91. The van der Waals surface area contributed by atoms with Gasteiger partial charge in [-0.2, -0.15) is 4.98 Å². The molecule has 1 fully saturated rings. The summed E-state index contributed by atoms with van der Waals surface area (Å²) < 4.78 is 23.9. The number of nitrogens with zero attached hydrogens (tertiary/aromatic N) is 4. The summed E-state index contributed by atoms with van der Waals surface area (Å²) >= 11 is 7.48. The lowest BCUT2D eigenvalue weighted by Crippen LogP contribution is -2.23. The van der Waals surface area contributed by atoms with Crippen LogP contribution in [0.4, 0.5) is 16.0 Å². The second-order valence-corrected chi connectivity index (χ2v) is 9.61. The Hall–Kier alpha value is -3.43. The average Bonchev–Trinajstić information content (AvgIpc) is 2.91. The van der Waals surface area contributed by atoms with Crippen molar-refractivity contribution in [2.24, 2.45) is 0 Å². The number of benzene rings is 2. The molecule has 0 saturated heterocycles. The Morgan fingerprint density at radius 3 is 2.67 bits per heavy atom. The number of hydrogen-bond acceptors (Lipinski definition) is 8. The lowest BCUT2D eigenvalue weighted by molar-refractivity contribution is 0.429. The van der Waals surface area contributed by atoms with Crippen LogP contribution in [-0.2, 0) is 0 Å². The minimum atomic E-state index is -0.535. The standard InChI is InChI=1S/C26H24ClFN6OS/c27-20-10-4-5-11-23(20)36-34-18-12-13-22(21(28)15-18)35-25-19(9-6-14-29-25)24-30-16-31-26(33-24)32-17-7-2-1-3-8-17/h4-6,9-17,34H,1-3,7-8H2,(H,30,31,32,33). The number of hydrogen-bond donors (Lipinski definition) is 2. The van der Waals surface area contributed by atoms with Gasteiger partial charge in [0.2, 0.25) is 11.8 Å². The molecule has 2 aromatic heterocycles. The molecule has 0 atom stereocenters. The van der Waals surface area contributed by atoms with Crippen molar-refractivity contribution >= 4 is 35.2 Å². The maximum atomic E-state index is 14.9. The van der Waals surface area contributed by atoms with Gasteiger partial charge in [-0.3, -0.25) is 0 Å². The van der Waals surface area contributed by atoms with Gasteiger partial charge in [0.1, 0.15) is 6.33 Å². The van der Waals surface area contributed by atoms with E-state index >= 15 is 0 Å². The predicted molar refractivity (Wildman–Crippen MR) is 141 cm³/mol. The van der Waals surface area contributed by atoms with Crippen LogP contribution in [0.1, 0.15) is 32.1 Å². The van der Waals surface area contributed by atoms with E-state index in [-0.39, 0.29) is 11.6 Å². The zero-order valence-electron chi connectivity index (χ0n) is 19.3. The van der Waals surface area contributed by atoms with Gasteiger partial charge in [0.15, 0.2) is 17.4 Å². The molecule has 0 radical (unpaired) electrons. The van der Waals surface area contributed by atoms with Crippen molar-refractivity contribution in [3.63, 3.8) is 0 Å².